The third kappa shape index (κ3) is 4.71. The van der Waals surface area contributed by atoms with Gasteiger partial charge in [-0.2, -0.15) is 8.78 Å². The molecular weight excluding hydrogens is 480 g/mol. The lowest BCUT2D eigenvalue weighted by Crippen LogP contribution is -2.24. The zero-order valence-electron chi connectivity index (χ0n) is 17.8. The summed E-state index contributed by atoms with van der Waals surface area (Å²) in [6.07, 6.45) is -4.17. The fourth-order valence-corrected chi connectivity index (χ4v) is 3.43. The van der Waals surface area contributed by atoms with E-state index in [4.69, 9.17) is 0 Å². The Morgan fingerprint density at radius 1 is 0.571 bits per heavy atom. The monoisotopic (exact) mass is 494 g/mol. The molecule has 9 heteroatoms. The third-order valence-corrected chi connectivity index (χ3v) is 5.29. The minimum absolute atomic E-state index is 0.139. The van der Waals surface area contributed by atoms with E-state index in [1.807, 2.05) is 0 Å². The summed E-state index contributed by atoms with van der Waals surface area (Å²) in [6, 6.07) is 11.6. The number of hydrogen-bond donors (Lipinski definition) is 0. The van der Waals surface area contributed by atoms with E-state index in [1.165, 1.54) is 31.2 Å². The van der Waals surface area contributed by atoms with Gasteiger partial charge in [0.25, 0.3) is 0 Å². The van der Waals surface area contributed by atoms with E-state index < -0.39 is 46.6 Å². The lowest BCUT2D eigenvalue weighted by atomic mass is 9.99. The van der Waals surface area contributed by atoms with E-state index in [2.05, 4.69) is 4.74 Å². The smallest absolute Gasteiger partial charge is 0.429 e. The van der Waals surface area contributed by atoms with Crippen LogP contribution >= 0.6 is 0 Å². The normalized spacial score (nSPS) is 11.6. The van der Waals surface area contributed by atoms with Crippen LogP contribution in [0.15, 0.2) is 66.7 Å². The number of ether oxygens (including phenoxy) is 1. The van der Waals surface area contributed by atoms with E-state index in [9.17, 15) is 35.1 Å². The molecule has 0 bridgehead atoms. The van der Waals surface area contributed by atoms with Crippen LogP contribution in [0.5, 0.6) is 5.75 Å². The molecule has 0 N–H and O–H groups in total. The molecule has 35 heavy (non-hydrogen) atoms. The first-order valence-corrected chi connectivity index (χ1v) is 10.0. The quantitative estimate of drug-likeness (QED) is 0.200. The average molecular weight is 494 g/mol. The highest BCUT2D eigenvalue weighted by Gasteiger charge is 2.39. The van der Waals surface area contributed by atoms with Crippen molar-refractivity contribution in [3.05, 3.63) is 113 Å². The highest BCUT2D eigenvalue weighted by molar-refractivity contribution is 5.71. The molecule has 180 valence electrons. The third-order valence-electron chi connectivity index (χ3n) is 5.29. The van der Waals surface area contributed by atoms with Crippen molar-refractivity contribution >= 4 is 0 Å². The molecule has 4 rings (SSSR count). The van der Waals surface area contributed by atoms with Crippen molar-refractivity contribution in [1.29, 1.82) is 0 Å². The Hall–Kier alpha value is -3.88. The van der Waals surface area contributed by atoms with Gasteiger partial charge in [0.2, 0.25) is 0 Å². The van der Waals surface area contributed by atoms with Crippen LogP contribution in [0.2, 0.25) is 0 Å². The molecule has 0 saturated carbocycles. The second kappa shape index (κ2) is 9.05. The summed E-state index contributed by atoms with van der Waals surface area (Å²) >= 11 is 0. The van der Waals surface area contributed by atoms with Gasteiger partial charge in [-0.05, 0) is 65.6 Å². The zero-order valence-corrected chi connectivity index (χ0v) is 17.8. The first-order valence-electron chi connectivity index (χ1n) is 10.0. The molecule has 0 radical (unpaired) electrons. The van der Waals surface area contributed by atoms with Gasteiger partial charge in [-0.3, -0.25) is 0 Å². The van der Waals surface area contributed by atoms with Crippen molar-refractivity contribution in [3.8, 4) is 28.0 Å². The molecule has 0 spiro atoms. The maximum Gasteiger partial charge on any atom is 0.429 e. The maximum atomic E-state index is 14.6. The van der Waals surface area contributed by atoms with Gasteiger partial charge < -0.3 is 4.74 Å². The minimum Gasteiger partial charge on any atom is -0.429 e. The summed E-state index contributed by atoms with van der Waals surface area (Å²) in [5.41, 5.74) is -1.14. The molecule has 0 heterocycles. The second-order valence-corrected chi connectivity index (χ2v) is 7.65. The SMILES string of the molecule is Cc1ccc(C(F)(F)Oc2ccc(-c3ccc(-c4cc(F)c(F)c(F)c4)c(F)c3)cc2)c(F)c1F. The van der Waals surface area contributed by atoms with Crippen molar-refractivity contribution in [2.24, 2.45) is 0 Å². The zero-order chi connectivity index (χ0) is 25.5. The van der Waals surface area contributed by atoms with Crippen LogP contribution in [0.3, 0.4) is 0 Å². The van der Waals surface area contributed by atoms with Crippen LogP contribution < -0.4 is 4.74 Å². The van der Waals surface area contributed by atoms with Crippen LogP contribution in [0.4, 0.5) is 35.1 Å². The molecule has 0 aliphatic rings. The lowest BCUT2D eigenvalue weighted by Gasteiger charge is -2.19. The number of halogens is 8. The van der Waals surface area contributed by atoms with Gasteiger partial charge in [0.15, 0.2) is 29.1 Å². The highest BCUT2D eigenvalue weighted by atomic mass is 19.3. The van der Waals surface area contributed by atoms with Crippen molar-refractivity contribution in [1.82, 2.24) is 0 Å². The summed E-state index contributed by atoms with van der Waals surface area (Å²) in [5.74, 6) is -8.96. The summed E-state index contributed by atoms with van der Waals surface area (Å²) < 4.78 is 116. The molecular formula is C26H14F8O. The predicted molar refractivity (Wildman–Crippen MR) is 113 cm³/mol. The fourth-order valence-electron chi connectivity index (χ4n) is 3.43. The number of hydrogen-bond acceptors (Lipinski definition) is 1. The summed E-state index contributed by atoms with van der Waals surface area (Å²) in [6.45, 7) is 1.23. The molecule has 0 aromatic heterocycles. The average Bonchev–Trinajstić information content (AvgIpc) is 2.80. The van der Waals surface area contributed by atoms with Crippen molar-refractivity contribution < 1.29 is 39.9 Å². The summed E-state index contributed by atoms with van der Waals surface area (Å²) in [7, 11) is 0. The molecule has 0 unspecified atom stereocenters. The molecule has 0 atom stereocenters. The number of benzene rings is 4. The Labute approximate surface area is 194 Å². The Bertz CT molecular complexity index is 1390. The largest absolute Gasteiger partial charge is 0.429 e. The van der Waals surface area contributed by atoms with Gasteiger partial charge in [0.05, 0.1) is 0 Å². The van der Waals surface area contributed by atoms with E-state index in [-0.39, 0.29) is 22.4 Å². The number of rotatable bonds is 5. The van der Waals surface area contributed by atoms with E-state index >= 15 is 0 Å². The number of alkyl halides is 2. The Morgan fingerprint density at radius 3 is 1.74 bits per heavy atom. The van der Waals surface area contributed by atoms with E-state index in [1.54, 1.807) is 0 Å². The standard InChI is InChI=1S/C26H14F8O/c1-13-2-9-19(24(31)23(13)30)26(33,34)35-17-6-3-14(4-7-17)15-5-8-18(20(27)10-15)16-11-21(28)25(32)22(29)12-16/h2-12H,1H3. The van der Waals surface area contributed by atoms with E-state index in [0.717, 1.165) is 30.3 Å². The van der Waals surface area contributed by atoms with Crippen molar-refractivity contribution in [3.63, 3.8) is 0 Å². The van der Waals surface area contributed by atoms with Gasteiger partial charge >= 0.3 is 6.11 Å². The Kier molecular flexibility index (Phi) is 6.27. The van der Waals surface area contributed by atoms with Gasteiger partial charge in [-0.25, -0.2) is 26.3 Å². The van der Waals surface area contributed by atoms with E-state index in [0.29, 0.717) is 23.3 Å². The first-order chi connectivity index (χ1) is 16.5. The second-order valence-electron chi connectivity index (χ2n) is 7.65. The predicted octanol–water partition coefficient (Wildman–Crippen LogP) is 8.29. The van der Waals surface area contributed by atoms with Crippen LogP contribution in [0.25, 0.3) is 22.3 Å². The van der Waals surface area contributed by atoms with Crippen LogP contribution in [-0.2, 0) is 6.11 Å². The van der Waals surface area contributed by atoms with Crippen LogP contribution in [-0.4, -0.2) is 0 Å². The van der Waals surface area contributed by atoms with Gasteiger partial charge in [-0.15, -0.1) is 0 Å². The lowest BCUT2D eigenvalue weighted by molar-refractivity contribution is -0.187. The van der Waals surface area contributed by atoms with Gasteiger partial charge in [-0.1, -0.05) is 30.3 Å². The molecule has 4 aromatic rings. The maximum absolute atomic E-state index is 14.6. The molecule has 0 saturated heterocycles. The Balaban J connectivity index is 1.57. The minimum atomic E-state index is -4.17. The summed E-state index contributed by atoms with van der Waals surface area (Å²) in [4.78, 5) is 0. The molecule has 1 nitrogen and oxygen atoms in total. The first kappa shape index (κ1) is 24.3. The topological polar surface area (TPSA) is 9.23 Å². The number of aryl methyl sites for hydroxylation is 1. The molecule has 0 fully saturated rings. The molecule has 4 aromatic carbocycles. The highest BCUT2D eigenvalue weighted by Crippen LogP contribution is 2.36. The summed E-state index contributed by atoms with van der Waals surface area (Å²) in [5, 5.41) is 0. The molecule has 0 aliphatic carbocycles. The van der Waals surface area contributed by atoms with Gasteiger partial charge in [0.1, 0.15) is 17.1 Å². The van der Waals surface area contributed by atoms with Crippen molar-refractivity contribution in [2.45, 2.75) is 13.0 Å². The van der Waals surface area contributed by atoms with Crippen LogP contribution in [0, 0.1) is 41.8 Å². The Morgan fingerprint density at radius 2 is 1.14 bits per heavy atom. The molecule has 0 aliphatic heterocycles. The fraction of sp³-hybridized carbons (Fsp3) is 0.0769. The molecule has 0 amide bonds. The van der Waals surface area contributed by atoms with Crippen molar-refractivity contribution in [2.75, 3.05) is 0 Å². The van der Waals surface area contributed by atoms with Gasteiger partial charge in [0, 0.05) is 5.56 Å². The van der Waals surface area contributed by atoms with Crippen LogP contribution in [0.1, 0.15) is 11.1 Å².